The molecule has 0 radical (unpaired) electrons. The Hall–Kier alpha value is -0.890. The molecule has 0 bridgehead atoms. The van der Waals surface area contributed by atoms with Gasteiger partial charge in [0, 0.05) is 18.9 Å². The minimum absolute atomic E-state index is 0.951. The molecule has 0 amide bonds. The van der Waals surface area contributed by atoms with Crippen LogP contribution in [0, 0.1) is 11.8 Å². The molecule has 1 N–H and O–H groups in total. The van der Waals surface area contributed by atoms with Gasteiger partial charge in [-0.15, -0.1) is 0 Å². The van der Waals surface area contributed by atoms with Crippen LogP contribution in [0.5, 0.6) is 0 Å². The molecule has 1 saturated carbocycles. The van der Waals surface area contributed by atoms with Gasteiger partial charge in [0.05, 0.1) is 0 Å². The Balaban J connectivity index is 1.60. The van der Waals surface area contributed by atoms with E-state index in [1.165, 1.54) is 37.7 Å². The lowest BCUT2D eigenvalue weighted by atomic mass is 9.81. The minimum atomic E-state index is 0.951. The summed E-state index contributed by atoms with van der Waals surface area (Å²) in [6.45, 7) is 4.50. The SMILES string of the molecule is CC1CCCC(CCNCc2cccnc2)C1. The summed E-state index contributed by atoms with van der Waals surface area (Å²) in [4.78, 5) is 4.12. The molecule has 1 heterocycles. The van der Waals surface area contributed by atoms with Gasteiger partial charge in [-0.2, -0.15) is 0 Å². The van der Waals surface area contributed by atoms with Crippen molar-refractivity contribution in [2.45, 2.75) is 45.6 Å². The van der Waals surface area contributed by atoms with E-state index >= 15 is 0 Å². The highest BCUT2D eigenvalue weighted by Crippen LogP contribution is 2.30. The van der Waals surface area contributed by atoms with Crippen LogP contribution >= 0.6 is 0 Å². The Bertz CT molecular complexity index is 310. The van der Waals surface area contributed by atoms with Crippen molar-refractivity contribution in [3.05, 3.63) is 30.1 Å². The topological polar surface area (TPSA) is 24.9 Å². The van der Waals surface area contributed by atoms with Crippen LogP contribution in [0.15, 0.2) is 24.5 Å². The molecule has 2 unspecified atom stereocenters. The van der Waals surface area contributed by atoms with E-state index in [9.17, 15) is 0 Å². The number of pyridine rings is 1. The highest BCUT2D eigenvalue weighted by Gasteiger charge is 2.17. The van der Waals surface area contributed by atoms with E-state index in [1.807, 2.05) is 18.5 Å². The molecule has 0 spiro atoms. The molecule has 1 aromatic heterocycles. The van der Waals surface area contributed by atoms with Gasteiger partial charge in [-0.25, -0.2) is 0 Å². The van der Waals surface area contributed by atoms with Crippen LogP contribution in [-0.2, 0) is 6.54 Å². The van der Waals surface area contributed by atoms with Crippen LogP contribution in [-0.4, -0.2) is 11.5 Å². The highest BCUT2D eigenvalue weighted by molar-refractivity contribution is 5.07. The van der Waals surface area contributed by atoms with Crippen LogP contribution in [0.1, 0.15) is 44.6 Å². The molecule has 17 heavy (non-hydrogen) atoms. The normalized spacial score (nSPS) is 24.8. The highest BCUT2D eigenvalue weighted by atomic mass is 14.8. The maximum absolute atomic E-state index is 4.12. The van der Waals surface area contributed by atoms with Gasteiger partial charge in [0.1, 0.15) is 0 Å². The molecule has 1 aliphatic carbocycles. The second kappa shape index (κ2) is 6.75. The molecule has 2 nitrogen and oxygen atoms in total. The molecular formula is C15H24N2. The third-order valence-corrected chi connectivity index (χ3v) is 3.83. The largest absolute Gasteiger partial charge is 0.313 e. The fraction of sp³-hybridized carbons (Fsp3) is 0.667. The Morgan fingerprint density at radius 2 is 2.35 bits per heavy atom. The van der Waals surface area contributed by atoms with Crippen molar-refractivity contribution in [2.75, 3.05) is 6.54 Å². The third-order valence-electron chi connectivity index (χ3n) is 3.83. The molecule has 0 aromatic carbocycles. The van der Waals surface area contributed by atoms with Gasteiger partial charge < -0.3 is 5.32 Å². The lowest BCUT2D eigenvalue weighted by Crippen LogP contribution is -2.21. The average molecular weight is 232 g/mol. The van der Waals surface area contributed by atoms with Crippen molar-refractivity contribution in [3.63, 3.8) is 0 Å². The fourth-order valence-corrected chi connectivity index (χ4v) is 2.86. The predicted molar refractivity (Wildman–Crippen MR) is 71.7 cm³/mol. The smallest absolute Gasteiger partial charge is 0.0312 e. The quantitative estimate of drug-likeness (QED) is 0.787. The summed E-state index contributed by atoms with van der Waals surface area (Å²) in [5.41, 5.74) is 1.28. The van der Waals surface area contributed by atoms with Crippen LogP contribution < -0.4 is 5.32 Å². The molecule has 2 atom stereocenters. The first kappa shape index (κ1) is 12.6. The maximum atomic E-state index is 4.12. The Morgan fingerprint density at radius 1 is 1.41 bits per heavy atom. The van der Waals surface area contributed by atoms with E-state index < -0.39 is 0 Å². The van der Waals surface area contributed by atoms with Gasteiger partial charge in [0.2, 0.25) is 0 Å². The summed E-state index contributed by atoms with van der Waals surface area (Å²) in [6.07, 6.45) is 10.9. The van der Waals surface area contributed by atoms with Crippen molar-refractivity contribution in [2.24, 2.45) is 11.8 Å². The van der Waals surface area contributed by atoms with Gasteiger partial charge in [-0.1, -0.05) is 32.3 Å². The molecule has 1 aliphatic rings. The number of hydrogen-bond acceptors (Lipinski definition) is 2. The lowest BCUT2D eigenvalue weighted by Gasteiger charge is -2.26. The molecule has 0 saturated heterocycles. The summed E-state index contributed by atoms with van der Waals surface area (Å²) in [5.74, 6) is 1.91. The predicted octanol–water partition coefficient (Wildman–Crippen LogP) is 3.39. The van der Waals surface area contributed by atoms with Gasteiger partial charge in [-0.3, -0.25) is 4.98 Å². The van der Waals surface area contributed by atoms with E-state index in [2.05, 4.69) is 23.3 Å². The number of aromatic nitrogens is 1. The standard InChI is InChI=1S/C15H24N2/c1-13-4-2-5-14(10-13)7-9-17-12-15-6-3-8-16-11-15/h3,6,8,11,13-14,17H,2,4-5,7,9-10,12H2,1H3. The maximum Gasteiger partial charge on any atom is 0.0312 e. The van der Waals surface area contributed by atoms with E-state index in [0.717, 1.165) is 24.9 Å². The lowest BCUT2D eigenvalue weighted by molar-refractivity contribution is 0.267. The molecule has 2 heteroatoms. The summed E-state index contributed by atoms with van der Waals surface area (Å²) in [6, 6.07) is 4.13. The van der Waals surface area contributed by atoms with E-state index in [0.29, 0.717) is 0 Å². The monoisotopic (exact) mass is 232 g/mol. The first-order chi connectivity index (χ1) is 8.34. The molecule has 0 aliphatic heterocycles. The van der Waals surface area contributed by atoms with Gasteiger partial charge in [0.25, 0.3) is 0 Å². The van der Waals surface area contributed by atoms with Crippen LogP contribution in [0.4, 0.5) is 0 Å². The van der Waals surface area contributed by atoms with Crippen LogP contribution in [0.25, 0.3) is 0 Å². The van der Waals surface area contributed by atoms with Crippen molar-refractivity contribution >= 4 is 0 Å². The van der Waals surface area contributed by atoms with Gasteiger partial charge in [0.15, 0.2) is 0 Å². The first-order valence-electron chi connectivity index (χ1n) is 6.94. The van der Waals surface area contributed by atoms with E-state index in [-0.39, 0.29) is 0 Å². The zero-order valence-corrected chi connectivity index (χ0v) is 10.9. The third kappa shape index (κ3) is 4.47. The number of rotatable bonds is 5. The van der Waals surface area contributed by atoms with Crippen molar-refractivity contribution in [3.8, 4) is 0 Å². The number of nitrogens with one attached hydrogen (secondary N) is 1. The van der Waals surface area contributed by atoms with Crippen LogP contribution in [0.3, 0.4) is 0 Å². The molecule has 94 valence electrons. The fourth-order valence-electron chi connectivity index (χ4n) is 2.86. The number of hydrogen-bond donors (Lipinski definition) is 1. The van der Waals surface area contributed by atoms with Crippen molar-refractivity contribution in [1.29, 1.82) is 0 Å². The molecule has 1 fully saturated rings. The van der Waals surface area contributed by atoms with Crippen LogP contribution in [0.2, 0.25) is 0 Å². The zero-order chi connectivity index (χ0) is 11.9. The minimum Gasteiger partial charge on any atom is -0.313 e. The molecular weight excluding hydrogens is 208 g/mol. The Morgan fingerprint density at radius 3 is 3.12 bits per heavy atom. The summed E-state index contributed by atoms with van der Waals surface area (Å²) in [5, 5.41) is 3.52. The summed E-state index contributed by atoms with van der Waals surface area (Å²) in [7, 11) is 0. The molecule has 1 aromatic rings. The average Bonchev–Trinajstić information content (AvgIpc) is 2.36. The van der Waals surface area contributed by atoms with Gasteiger partial charge in [-0.05, 0) is 42.9 Å². The zero-order valence-electron chi connectivity index (χ0n) is 10.9. The Kier molecular flexibility index (Phi) is 4.99. The van der Waals surface area contributed by atoms with Crippen molar-refractivity contribution < 1.29 is 0 Å². The number of nitrogens with zero attached hydrogens (tertiary/aromatic N) is 1. The molecule has 2 rings (SSSR count). The van der Waals surface area contributed by atoms with E-state index in [4.69, 9.17) is 0 Å². The first-order valence-corrected chi connectivity index (χ1v) is 6.94. The van der Waals surface area contributed by atoms with E-state index in [1.54, 1.807) is 0 Å². The van der Waals surface area contributed by atoms with Gasteiger partial charge >= 0.3 is 0 Å². The summed E-state index contributed by atoms with van der Waals surface area (Å²) >= 11 is 0. The second-order valence-electron chi connectivity index (χ2n) is 5.46. The summed E-state index contributed by atoms with van der Waals surface area (Å²) < 4.78 is 0. The van der Waals surface area contributed by atoms with Crippen molar-refractivity contribution in [1.82, 2.24) is 10.3 Å². The Labute approximate surface area is 105 Å². The second-order valence-corrected chi connectivity index (χ2v) is 5.46.